The Hall–Kier alpha value is -1.55. The first-order valence-electron chi connectivity index (χ1n) is 6.33. The van der Waals surface area contributed by atoms with E-state index in [2.05, 4.69) is 5.32 Å². The van der Waals surface area contributed by atoms with Crippen molar-refractivity contribution in [2.75, 3.05) is 18.4 Å². The normalized spacial score (nSPS) is 11.8. The summed E-state index contributed by atoms with van der Waals surface area (Å²) in [6, 6.07) is 6.87. The van der Waals surface area contributed by atoms with Gasteiger partial charge in [-0.1, -0.05) is 6.07 Å². The molecule has 0 radical (unpaired) electrons. The number of anilines is 1. The quantitative estimate of drug-likeness (QED) is 0.844. The number of hydrogen-bond donors (Lipinski definition) is 1. The van der Waals surface area contributed by atoms with Gasteiger partial charge in [0.25, 0.3) is 5.91 Å². The van der Waals surface area contributed by atoms with Gasteiger partial charge in [-0.05, 0) is 39.0 Å². The van der Waals surface area contributed by atoms with Crippen LogP contribution in [0.15, 0.2) is 24.3 Å². The summed E-state index contributed by atoms with van der Waals surface area (Å²) >= 11 is 5.69. The standard InChI is InChI=1S/C14H19ClN2O2/c1-4-17(5-2)14(19)11-7-6-8-12(9-11)16-13(18)10(3)15/h6-10H,4-5H2,1-3H3,(H,16,18)/t10-/m1/s1. The summed E-state index contributed by atoms with van der Waals surface area (Å²) in [5, 5.41) is 2.06. The average molecular weight is 283 g/mol. The molecule has 0 heterocycles. The topological polar surface area (TPSA) is 49.4 Å². The minimum atomic E-state index is -0.609. The number of alkyl halides is 1. The molecule has 0 bridgehead atoms. The molecule has 0 saturated carbocycles. The van der Waals surface area contributed by atoms with Gasteiger partial charge in [0, 0.05) is 24.3 Å². The molecule has 0 aliphatic carbocycles. The third kappa shape index (κ3) is 4.24. The van der Waals surface area contributed by atoms with Crippen molar-refractivity contribution in [3.63, 3.8) is 0 Å². The molecule has 2 amide bonds. The molecule has 1 rings (SSSR count). The second-order valence-corrected chi connectivity index (χ2v) is 4.82. The minimum absolute atomic E-state index is 0.0416. The predicted octanol–water partition coefficient (Wildman–Crippen LogP) is 2.73. The Morgan fingerprint density at radius 2 is 1.95 bits per heavy atom. The molecule has 0 aliphatic rings. The molecule has 5 heteroatoms. The summed E-state index contributed by atoms with van der Waals surface area (Å²) in [4.78, 5) is 25.4. The maximum absolute atomic E-state index is 12.2. The zero-order valence-electron chi connectivity index (χ0n) is 11.4. The van der Waals surface area contributed by atoms with Gasteiger partial charge in [0.05, 0.1) is 0 Å². The Bertz CT molecular complexity index is 457. The molecule has 4 nitrogen and oxygen atoms in total. The highest BCUT2D eigenvalue weighted by atomic mass is 35.5. The molecule has 104 valence electrons. The third-order valence-electron chi connectivity index (χ3n) is 2.79. The smallest absolute Gasteiger partial charge is 0.253 e. The lowest BCUT2D eigenvalue weighted by atomic mass is 10.1. The fourth-order valence-corrected chi connectivity index (χ4v) is 1.72. The van der Waals surface area contributed by atoms with E-state index in [1.165, 1.54) is 0 Å². The van der Waals surface area contributed by atoms with Crippen LogP contribution in [0.1, 0.15) is 31.1 Å². The van der Waals surface area contributed by atoms with E-state index < -0.39 is 5.38 Å². The van der Waals surface area contributed by atoms with Crippen LogP contribution in [0.2, 0.25) is 0 Å². The molecular formula is C14H19ClN2O2. The second-order valence-electron chi connectivity index (χ2n) is 4.16. The lowest BCUT2D eigenvalue weighted by molar-refractivity contribution is -0.115. The van der Waals surface area contributed by atoms with E-state index in [-0.39, 0.29) is 11.8 Å². The zero-order valence-corrected chi connectivity index (χ0v) is 12.2. The van der Waals surface area contributed by atoms with E-state index in [0.717, 1.165) is 0 Å². The number of hydrogen-bond acceptors (Lipinski definition) is 2. The summed E-state index contributed by atoms with van der Waals surface area (Å²) in [5.41, 5.74) is 1.14. The highest BCUT2D eigenvalue weighted by Crippen LogP contribution is 2.13. The highest BCUT2D eigenvalue weighted by Gasteiger charge is 2.14. The summed E-state index contributed by atoms with van der Waals surface area (Å²) < 4.78 is 0. The third-order valence-corrected chi connectivity index (χ3v) is 2.99. The number of rotatable bonds is 5. The van der Waals surface area contributed by atoms with E-state index in [1.54, 1.807) is 36.1 Å². The van der Waals surface area contributed by atoms with Gasteiger partial charge in [0.1, 0.15) is 5.38 Å². The zero-order chi connectivity index (χ0) is 14.4. The predicted molar refractivity (Wildman–Crippen MR) is 77.6 cm³/mol. The van der Waals surface area contributed by atoms with Crippen molar-refractivity contribution in [2.45, 2.75) is 26.1 Å². The minimum Gasteiger partial charge on any atom is -0.339 e. The highest BCUT2D eigenvalue weighted by molar-refractivity contribution is 6.32. The van der Waals surface area contributed by atoms with Crippen LogP contribution in [-0.4, -0.2) is 35.2 Å². The van der Waals surface area contributed by atoms with Crippen LogP contribution in [0.5, 0.6) is 0 Å². The Kier molecular flexibility index (Phi) is 5.83. The van der Waals surface area contributed by atoms with Gasteiger partial charge in [0.15, 0.2) is 0 Å². The number of benzene rings is 1. The Morgan fingerprint density at radius 3 is 2.47 bits per heavy atom. The van der Waals surface area contributed by atoms with Crippen molar-refractivity contribution >= 4 is 29.1 Å². The first-order chi connectivity index (χ1) is 8.99. The van der Waals surface area contributed by atoms with Crippen molar-refractivity contribution in [1.82, 2.24) is 4.90 Å². The van der Waals surface area contributed by atoms with Gasteiger partial charge in [-0.2, -0.15) is 0 Å². The maximum Gasteiger partial charge on any atom is 0.253 e. The average Bonchev–Trinajstić information content (AvgIpc) is 2.40. The van der Waals surface area contributed by atoms with E-state index in [1.807, 2.05) is 13.8 Å². The SMILES string of the molecule is CCN(CC)C(=O)c1cccc(NC(=O)[C@@H](C)Cl)c1. The molecule has 1 atom stereocenters. The first kappa shape index (κ1) is 15.5. The molecule has 0 spiro atoms. The van der Waals surface area contributed by atoms with Crippen molar-refractivity contribution < 1.29 is 9.59 Å². The van der Waals surface area contributed by atoms with E-state index >= 15 is 0 Å². The Balaban J connectivity index is 2.88. The summed E-state index contributed by atoms with van der Waals surface area (Å²) in [5.74, 6) is -0.325. The van der Waals surface area contributed by atoms with E-state index in [9.17, 15) is 9.59 Å². The molecule has 1 N–H and O–H groups in total. The van der Waals surface area contributed by atoms with Crippen LogP contribution in [0.4, 0.5) is 5.69 Å². The van der Waals surface area contributed by atoms with Crippen molar-refractivity contribution in [3.05, 3.63) is 29.8 Å². The van der Waals surface area contributed by atoms with Crippen LogP contribution < -0.4 is 5.32 Å². The van der Waals surface area contributed by atoms with Gasteiger partial charge >= 0.3 is 0 Å². The fraction of sp³-hybridized carbons (Fsp3) is 0.429. The Labute approximate surface area is 118 Å². The second kappa shape index (κ2) is 7.14. The number of nitrogens with one attached hydrogen (secondary N) is 1. The molecule has 0 aliphatic heterocycles. The van der Waals surface area contributed by atoms with Gasteiger partial charge in [-0.25, -0.2) is 0 Å². The molecule has 0 aromatic heterocycles. The van der Waals surface area contributed by atoms with Crippen molar-refractivity contribution in [2.24, 2.45) is 0 Å². The fourth-order valence-electron chi connectivity index (χ4n) is 1.67. The van der Waals surface area contributed by atoms with Crippen LogP contribution in [-0.2, 0) is 4.79 Å². The Morgan fingerprint density at radius 1 is 1.32 bits per heavy atom. The van der Waals surface area contributed by atoms with E-state index in [4.69, 9.17) is 11.6 Å². The molecular weight excluding hydrogens is 264 g/mol. The molecule has 1 aromatic carbocycles. The van der Waals surface area contributed by atoms with E-state index in [0.29, 0.717) is 24.3 Å². The molecule has 0 unspecified atom stereocenters. The van der Waals surface area contributed by atoms with Gasteiger partial charge < -0.3 is 10.2 Å². The monoisotopic (exact) mass is 282 g/mol. The summed E-state index contributed by atoms with van der Waals surface area (Å²) in [6.45, 7) is 6.78. The summed E-state index contributed by atoms with van der Waals surface area (Å²) in [7, 11) is 0. The lowest BCUT2D eigenvalue weighted by Crippen LogP contribution is -2.30. The molecule has 0 saturated heterocycles. The molecule has 0 fully saturated rings. The number of carbonyl (C=O) groups is 2. The maximum atomic E-state index is 12.2. The van der Waals surface area contributed by atoms with Crippen LogP contribution >= 0.6 is 11.6 Å². The van der Waals surface area contributed by atoms with Gasteiger partial charge in [0.2, 0.25) is 5.91 Å². The number of carbonyl (C=O) groups excluding carboxylic acids is 2. The largest absolute Gasteiger partial charge is 0.339 e. The van der Waals surface area contributed by atoms with Crippen LogP contribution in [0.3, 0.4) is 0 Å². The molecule has 1 aromatic rings. The summed E-state index contributed by atoms with van der Waals surface area (Å²) in [6.07, 6.45) is 0. The van der Waals surface area contributed by atoms with Gasteiger partial charge in [-0.15, -0.1) is 11.6 Å². The number of halogens is 1. The van der Waals surface area contributed by atoms with Crippen LogP contribution in [0, 0.1) is 0 Å². The number of amides is 2. The number of nitrogens with zero attached hydrogens (tertiary/aromatic N) is 1. The van der Waals surface area contributed by atoms with Gasteiger partial charge in [-0.3, -0.25) is 9.59 Å². The molecule has 19 heavy (non-hydrogen) atoms. The lowest BCUT2D eigenvalue weighted by Gasteiger charge is -2.19. The van der Waals surface area contributed by atoms with Crippen LogP contribution in [0.25, 0.3) is 0 Å². The van der Waals surface area contributed by atoms with Crippen molar-refractivity contribution in [3.8, 4) is 0 Å². The van der Waals surface area contributed by atoms with Crippen molar-refractivity contribution in [1.29, 1.82) is 0 Å². The first-order valence-corrected chi connectivity index (χ1v) is 6.77.